The van der Waals surface area contributed by atoms with Crippen LogP contribution in [0.2, 0.25) is 0 Å². The Balaban J connectivity index is 2.94. The van der Waals surface area contributed by atoms with Crippen LogP contribution in [0.25, 0.3) is 0 Å². The van der Waals surface area contributed by atoms with E-state index in [1.165, 1.54) is 0 Å². The highest BCUT2D eigenvalue weighted by molar-refractivity contribution is 5.90. The third-order valence-electron chi connectivity index (χ3n) is 2.06. The zero-order valence-corrected chi connectivity index (χ0v) is 8.08. The lowest BCUT2D eigenvalue weighted by Crippen LogP contribution is -2.22. The summed E-state index contributed by atoms with van der Waals surface area (Å²) in [6.07, 6.45) is 0.750. The average Bonchev–Trinajstić information content (AvgIpc) is 2.16. The number of anilines is 1. The summed E-state index contributed by atoms with van der Waals surface area (Å²) in [6.45, 7) is 5.35. The highest BCUT2D eigenvalue weighted by Crippen LogP contribution is 2.14. The first-order valence-electron chi connectivity index (χ1n) is 4.27. The van der Waals surface area contributed by atoms with E-state index in [0.717, 1.165) is 17.7 Å². The molecule has 1 rings (SSSR count). The van der Waals surface area contributed by atoms with E-state index in [0.29, 0.717) is 0 Å². The molecule has 1 aromatic carbocycles. The van der Waals surface area contributed by atoms with Crippen molar-refractivity contribution in [3.63, 3.8) is 0 Å². The van der Waals surface area contributed by atoms with Crippen molar-refractivity contribution in [2.24, 2.45) is 0 Å². The van der Waals surface area contributed by atoms with Crippen LogP contribution < -0.4 is 4.90 Å². The maximum absolute atomic E-state index is 11.1. The van der Waals surface area contributed by atoms with Gasteiger partial charge >= 0.3 is 0 Å². The Morgan fingerprint density at radius 2 is 2.23 bits per heavy atom. The van der Waals surface area contributed by atoms with E-state index in [9.17, 15) is 4.79 Å². The maximum atomic E-state index is 11.1. The molecule has 2 nitrogen and oxygen atoms in total. The second-order valence-corrected chi connectivity index (χ2v) is 3.00. The quantitative estimate of drug-likeness (QED) is 0.675. The van der Waals surface area contributed by atoms with Gasteiger partial charge in [-0.05, 0) is 31.0 Å². The average molecular weight is 176 g/mol. The normalized spacial score (nSPS) is 9.77. The molecule has 0 bridgehead atoms. The Morgan fingerprint density at radius 3 is 2.77 bits per heavy atom. The number of carbonyl (C=O) groups is 1. The molecule has 0 fully saturated rings. The Labute approximate surface area is 79.2 Å². The largest absolute Gasteiger partial charge is 0.316 e. The summed E-state index contributed by atoms with van der Waals surface area (Å²) in [5.41, 5.74) is 2.07. The molecule has 69 valence electrons. The first kappa shape index (κ1) is 9.78. The van der Waals surface area contributed by atoms with Crippen LogP contribution in [0.5, 0.6) is 0 Å². The summed E-state index contributed by atoms with van der Waals surface area (Å²) >= 11 is 0. The molecule has 0 aliphatic rings. The smallest absolute Gasteiger partial charge is 0.223 e. The van der Waals surface area contributed by atoms with Crippen molar-refractivity contribution in [3.8, 4) is 0 Å². The topological polar surface area (TPSA) is 20.3 Å². The van der Waals surface area contributed by atoms with Gasteiger partial charge in [-0.15, -0.1) is 0 Å². The Bertz CT molecular complexity index is 307. The second kappa shape index (κ2) is 4.08. The van der Waals surface area contributed by atoms with Gasteiger partial charge in [-0.3, -0.25) is 4.79 Å². The van der Waals surface area contributed by atoms with E-state index in [-0.39, 0.29) is 5.91 Å². The molecule has 0 saturated heterocycles. The maximum Gasteiger partial charge on any atom is 0.223 e. The van der Waals surface area contributed by atoms with E-state index in [4.69, 9.17) is 0 Å². The van der Waals surface area contributed by atoms with E-state index in [2.05, 4.69) is 6.92 Å². The molecule has 0 aromatic heterocycles. The Hall–Kier alpha value is -1.31. The van der Waals surface area contributed by atoms with Gasteiger partial charge in [-0.2, -0.15) is 0 Å². The lowest BCUT2D eigenvalue weighted by Gasteiger charge is -2.15. The number of hydrogen-bond acceptors (Lipinski definition) is 1. The van der Waals surface area contributed by atoms with Crippen molar-refractivity contribution >= 4 is 11.6 Å². The molecule has 0 aliphatic carbocycles. The van der Waals surface area contributed by atoms with E-state index in [1.807, 2.05) is 24.3 Å². The molecular weight excluding hydrogens is 162 g/mol. The van der Waals surface area contributed by atoms with Crippen LogP contribution in [0.4, 0.5) is 5.69 Å². The van der Waals surface area contributed by atoms with Gasteiger partial charge in [0.1, 0.15) is 0 Å². The SMILES string of the molecule is [CH2]Cc1cccc(N(C)C(C)=O)c1. The van der Waals surface area contributed by atoms with Gasteiger partial charge < -0.3 is 4.90 Å². The van der Waals surface area contributed by atoms with Crippen LogP contribution in [-0.2, 0) is 11.2 Å². The molecule has 0 unspecified atom stereocenters. The summed E-state index contributed by atoms with van der Waals surface area (Å²) in [5.74, 6) is 0.0428. The Kier molecular flexibility index (Phi) is 3.07. The fourth-order valence-corrected chi connectivity index (χ4v) is 1.10. The fraction of sp³-hybridized carbons (Fsp3) is 0.273. The van der Waals surface area contributed by atoms with Gasteiger partial charge in [0.15, 0.2) is 0 Å². The number of hydrogen-bond donors (Lipinski definition) is 0. The lowest BCUT2D eigenvalue weighted by atomic mass is 10.1. The van der Waals surface area contributed by atoms with Gasteiger partial charge in [0, 0.05) is 19.7 Å². The van der Waals surface area contributed by atoms with E-state index >= 15 is 0 Å². The number of benzene rings is 1. The van der Waals surface area contributed by atoms with Crippen molar-refractivity contribution in [2.45, 2.75) is 13.3 Å². The minimum absolute atomic E-state index is 0.0428. The predicted molar refractivity (Wildman–Crippen MR) is 54.6 cm³/mol. The first-order valence-corrected chi connectivity index (χ1v) is 4.27. The van der Waals surface area contributed by atoms with Crippen LogP contribution in [0, 0.1) is 6.92 Å². The molecular formula is C11H14NO. The molecule has 2 heteroatoms. The highest BCUT2D eigenvalue weighted by atomic mass is 16.2. The molecule has 0 saturated carbocycles. The van der Waals surface area contributed by atoms with Gasteiger partial charge in [0.25, 0.3) is 0 Å². The van der Waals surface area contributed by atoms with Gasteiger partial charge in [0.2, 0.25) is 5.91 Å². The third-order valence-corrected chi connectivity index (χ3v) is 2.06. The van der Waals surface area contributed by atoms with Gasteiger partial charge in [0.05, 0.1) is 0 Å². The van der Waals surface area contributed by atoms with Gasteiger partial charge in [-0.1, -0.05) is 12.1 Å². The number of amides is 1. The van der Waals surface area contributed by atoms with Crippen LogP contribution in [-0.4, -0.2) is 13.0 Å². The molecule has 1 amide bonds. The second-order valence-electron chi connectivity index (χ2n) is 3.00. The molecule has 0 heterocycles. The van der Waals surface area contributed by atoms with Crippen molar-refractivity contribution in [2.75, 3.05) is 11.9 Å². The van der Waals surface area contributed by atoms with Crippen LogP contribution >= 0.6 is 0 Å². The van der Waals surface area contributed by atoms with E-state index < -0.39 is 0 Å². The molecule has 1 radical (unpaired) electrons. The third kappa shape index (κ3) is 2.31. The molecule has 0 aliphatic heterocycles. The van der Waals surface area contributed by atoms with Crippen LogP contribution in [0.3, 0.4) is 0 Å². The number of carbonyl (C=O) groups excluding carboxylic acids is 1. The Morgan fingerprint density at radius 1 is 1.54 bits per heavy atom. The monoisotopic (exact) mass is 176 g/mol. The lowest BCUT2D eigenvalue weighted by molar-refractivity contribution is -0.116. The molecule has 1 aromatic rings. The van der Waals surface area contributed by atoms with Crippen molar-refractivity contribution < 1.29 is 4.79 Å². The summed E-state index contributed by atoms with van der Waals surface area (Å²) < 4.78 is 0. The molecule has 0 N–H and O–H groups in total. The van der Waals surface area contributed by atoms with Crippen molar-refractivity contribution in [1.29, 1.82) is 0 Å². The van der Waals surface area contributed by atoms with Gasteiger partial charge in [-0.25, -0.2) is 0 Å². The standard InChI is InChI=1S/C11H14NO/c1-4-10-6-5-7-11(8-10)12(3)9(2)13/h5-8H,1,4H2,2-3H3. The zero-order valence-electron chi connectivity index (χ0n) is 8.08. The summed E-state index contributed by atoms with van der Waals surface area (Å²) in [6, 6.07) is 7.84. The molecule has 0 spiro atoms. The predicted octanol–water partition coefficient (Wildman–Crippen LogP) is 2.05. The van der Waals surface area contributed by atoms with Crippen molar-refractivity contribution in [1.82, 2.24) is 0 Å². The minimum atomic E-state index is 0.0428. The summed E-state index contributed by atoms with van der Waals surface area (Å²) in [4.78, 5) is 12.7. The van der Waals surface area contributed by atoms with Crippen LogP contribution in [0.15, 0.2) is 24.3 Å². The van der Waals surface area contributed by atoms with Crippen molar-refractivity contribution in [3.05, 3.63) is 36.8 Å². The van der Waals surface area contributed by atoms with E-state index in [1.54, 1.807) is 18.9 Å². The first-order chi connectivity index (χ1) is 6.15. The highest BCUT2D eigenvalue weighted by Gasteiger charge is 2.04. The molecule has 0 atom stereocenters. The minimum Gasteiger partial charge on any atom is -0.316 e. The number of nitrogens with zero attached hydrogens (tertiary/aromatic N) is 1. The molecule has 13 heavy (non-hydrogen) atoms. The van der Waals surface area contributed by atoms with Crippen LogP contribution in [0.1, 0.15) is 12.5 Å². The zero-order chi connectivity index (χ0) is 9.84. The summed E-state index contributed by atoms with van der Waals surface area (Å²) in [5, 5.41) is 0. The summed E-state index contributed by atoms with van der Waals surface area (Å²) in [7, 11) is 1.77. The number of rotatable bonds is 2. The fourth-order valence-electron chi connectivity index (χ4n) is 1.10.